The van der Waals surface area contributed by atoms with Crippen LogP contribution in [-0.4, -0.2) is 10.9 Å². The van der Waals surface area contributed by atoms with Gasteiger partial charge in [0, 0.05) is 22.3 Å². The smallest absolute Gasteiger partial charge is 0.235 e. The maximum atomic E-state index is 13.2. The fraction of sp³-hybridized carbons (Fsp3) is 0.318. The molecule has 1 amide bonds. The fourth-order valence-electron chi connectivity index (χ4n) is 3.97. The Morgan fingerprint density at radius 3 is 2.48 bits per heavy atom. The van der Waals surface area contributed by atoms with Crippen LogP contribution in [0, 0.1) is 6.92 Å². The highest BCUT2D eigenvalue weighted by atomic mass is 16.2. The lowest BCUT2D eigenvalue weighted by molar-refractivity contribution is -0.118. The van der Waals surface area contributed by atoms with Gasteiger partial charge >= 0.3 is 0 Å². The number of fused-ring (bicyclic) bond motifs is 1. The molecule has 2 aromatic carbocycles. The van der Waals surface area contributed by atoms with Gasteiger partial charge in [0.2, 0.25) is 5.91 Å². The number of hydrogen-bond donors (Lipinski definition) is 2. The summed E-state index contributed by atoms with van der Waals surface area (Å²) in [5.41, 5.74) is 5.10. The number of H-pyrrole nitrogens is 1. The van der Waals surface area contributed by atoms with E-state index in [1.165, 1.54) is 16.5 Å². The van der Waals surface area contributed by atoms with Gasteiger partial charge in [0.25, 0.3) is 0 Å². The lowest BCUT2D eigenvalue weighted by atomic mass is 9.91. The molecule has 1 saturated carbocycles. The van der Waals surface area contributed by atoms with Crippen LogP contribution in [0.2, 0.25) is 0 Å². The molecule has 1 aliphatic rings. The van der Waals surface area contributed by atoms with Crippen LogP contribution in [0.5, 0.6) is 0 Å². The zero-order valence-corrected chi connectivity index (χ0v) is 15.0. The summed E-state index contributed by atoms with van der Waals surface area (Å²) in [6, 6.07) is 16.4. The number of rotatable bonds is 4. The van der Waals surface area contributed by atoms with Crippen molar-refractivity contribution in [2.24, 2.45) is 0 Å². The molecule has 128 valence electrons. The van der Waals surface area contributed by atoms with E-state index in [-0.39, 0.29) is 5.91 Å². The number of carbonyl (C=O) groups excluding carboxylic acids is 1. The molecular formula is C22H24N2O. The Morgan fingerprint density at radius 1 is 1.08 bits per heavy atom. The van der Waals surface area contributed by atoms with Crippen molar-refractivity contribution in [1.29, 1.82) is 0 Å². The van der Waals surface area contributed by atoms with E-state index in [9.17, 15) is 4.79 Å². The molecule has 3 aromatic rings. The van der Waals surface area contributed by atoms with E-state index >= 15 is 0 Å². The van der Waals surface area contributed by atoms with Crippen molar-refractivity contribution in [2.75, 3.05) is 5.32 Å². The second-order valence-electron chi connectivity index (χ2n) is 7.45. The Morgan fingerprint density at radius 2 is 1.76 bits per heavy atom. The molecule has 0 atom stereocenters. The topological polar surface area (TPSA) is 44.9 Å². The normalized spacial score (nSPS) is 15.5. The monoisotopic (exact) mass is 332 g/mol. The van der Waals surface area contributed by atoms with Crippen molar-refractivity contribution in [1.82, 2.24) is 4.98 Å². The highest BCUT2D eigenvalue weighted by molar-refractivity contribution is 6.05. The number of aromatic nitrogens is 1. The van der Waals surface area contributed by atoms with Gasteiger partial charge in [-0.2, -0.15) is 0 Å². The van der Waals surface area contributed by atoms with Crippen molar-refractivity contribution in [2.45, 2.75) is 44.9 Å². The maximum absolute atomic E-state index is 13.2. The minimum atomic E-state index is -0.395. The highest BCUT2D eigenvalue weighted by Gasteiger charge is 2.53. The Bertz CT molecular complexity index is 948. The lowest BCUT2D eigenvalue weighted by Gasteiger charge is -2.19. The number of para-hydroxylation sites is 2. The summed E-state index contributed by atoms with van der Waals surface area (Å²) < 4.78 is 0. The van der Waals surface area contributed by atoms with Crippen molar-refractivity contribution < 1.29 is 4.79 Å². The molecule has 1 fully saturated rings. The summed E-state index contributed by atoms with van der Waals surface area (Å²) in [7, 11) is 0. The molecule has 2 N–H and O–H groups in total. The van der Waals surface area contributed by atoms with Gasteiger partial charge < -0.3 is 10.3 Å². The van der Waals surface area contributed by atoms with Crippen LogP contribution < -0.4 is 5.32 Å². The first-order chi connectivity index (χ1) is 12.0. The molecule has 0 unspecified atom stereocenters. The lowest BCUT2D eigenvalue weighted by Crippen LogP contribution is -2.28. The Kier molecular flexibility index (Phi) is 3.68. The summed E-state index contributed by atoms with van der Waals surface area (Å²) in [6.07, 6.45) is 1.82. The molecule has 3 heteroatoms. The van der Waals surface area contributed by atoms with Crippen LogP contribution in [0.15, 0.2) is 48.5 Å². The number of nitrogens with one attached hydrogen (secondary N) is 2. The fourth-order valence-corrected chi connectivity index (χ4v) is 3.97. The molecule has 0 radical (unpaired) electrons. The molecule has 25 heavy (non-hydrogen) atoms. The van der Waals surface area contributed by atoms with Crippen molar-refractivity contribution in [3.8, 4) is 0 Å². The summed E-state index contributed by atoms with van der Waals surface area (Å²) in [4.78, 5) is 16.7. The van der Waals surface area contributed by atoms with Crippen LogP contribution >= 0.6 is 0 Å². The van der Waals surface area contributed by atoms with Crippen LogP contribution in [0.25, 0.3) is 10.9 Å². The molecule has 3 nitrogen and oxygen atoms in total. The number of carbonyl (C=O) groups is 1. The quantitative estimate of drug-likeness (QED) is 0.671. The molecule has 1 heterocycles. The molecule has 0 saturated heterocycles. The van der Waals surface area contributed by atoms with Crippen LogP contribution in [0.1, 0.15) is 49.4 Å². The average molecular weight is 332 g/mol. The number of benzene rings is 2. The van der Waals surface area contributed by atoms with Crippen molar-refractivity contribution >= 4 is 22.5 Å². The van der Waals surface area contributed by atoms with E-state index in [4.69, 9.17) is 0 Å². The largest absolute Gasteiger partial charge is 0.358 e. The first kappa shape index (κ1) is 15.9. The van der Waals surface area contributed by atoms with Crippen molar-refractivity contribution in [3.63, 3.8) is 0 Å². The second kappa shape index (κ2) is 5.76. The Hall–Kier alpha value is -2.55. The number of anilines is 1. The van der Waals surface area contributed by atoms with E-state index in [1.807, 2.05) is 30.3 Å². The SMILES string of the molecule is Cc1[nH]c2ccccc2c1C1(C(=O)Nc2ccccc2C(C)C)CC1. The van der Waals surface area contributed by atoms with E-state index < -0.39 is 5.41 Å². The van der Waals surface area contributed by atoms with Gasteiger partial charge in [-0.3, -0.25) is 4.79 Å². The van der Waals surface area contributed by atoms with Crippen molar-refractivity contribution in [3.05, 3.63) is 65.4 Å². The van der Waals surface area contributed by atoms with Gasteiger partial charge in [-0.25, -0.2) is 0 Å². The predicted molar refractivity (Wildman–Crippen MR) is 103 cm³/mol. The molecule has 1 aliphatic carbocycles. The minimum absolute atomic E-state index is 0.119. The summed E-state index contributed by atoms with van der Waals surface area (Å²) >= 11 is 0. The highest BCUT2D eigenvalue weighted by Crippen LogP contribution is 2.52. The molecule has 0 spiro atoms. The van der Waals surface area contributed by atoms with Gasteiger partial charge in [0.15, 0.2) is 0 Å². The zero-order valence-electron chi connectivity index (χ0n) is 15.0. The van der Waals surface area contributed by atoms with E-state index in [0.29, 0.717) is 5.92 Å². The second-order valence-corrected chi connectivity index (χ2v) is 7.45. The predicted octanol–water partition coefficient (Wildman–Crippen LogP) is 5.27. The van der Waals surface area contributed by atoms with Gasteiger partial charge in [-0.15, -0.1) is 0 Å². The molecular weight excluding hydrogens is 308 g/mol. The summed E-state index contributed by atoms with van der Waals surface area (Å²) in [5.74, 6) is 0.495. The number of aryl methyl sites for hydroxylation is 1. The Labute approximate surface area is 148 Å². The van der Waals surface area contributed by atoms with E-state index in [0.717, 1.165) is 29.7 Å². The van der Waals surface area contributed by atoms with Gasteiger partial charge in [0.1, 0.15) is 0 Å². The van der Waals surface area contributed by atoms with Crippen LogP contribution in [-0.2, 0) is 10.2 Å². The van der Waals surface area contributed by atoms with E-state index in [2.05, 4.69) is 49.3 Å². The molecule has 1 aromatic heterocycles. The number of aromatic amines is 1. The molecule has 4 rings (SSSR count). The third-order valence-electron chi connectivity index (χ3n) is 5.39. The van der Waals surface area contributed by atoms with Gasteiger partial charge in [-0.05, 0) is 48.9 Å². The summed E-state index contributed by atoms with van der Waals surface area (Å²) in [6.45, 7) is 6.38. The van der Waals surface area contributed by atoms with E-state index in [1.54, 1.807) is 0 Å². The summed E-state index contributed by atoms with van der Waals surface area (Å²) in [5, 5.41) is 4.39. The first-order valence-electron chi connectivity index (χ1n) is 9.01. The minimum Gasteiger partial charge on any atom is -0.358 e. The number of amides is 1. The van der Waals surface area contributed by atoms with Crippen LogP contribution in [0.3, 0.4) is 0 Å². The standard InChI is InChI=1S/C22H24N2O/c1-14(2)16-8-4-6-10-18(16)24-21(25)22(12-13-22)20-15(3)23-19-11-7-5-9-17(19)20/h4-11,14,23H,12-13H2,1-3H3,(H,24,25). The van der Waals surface area contributed by atoms with Gasteiger partial charge in [0.05, 0.1) is 5.41 Å². The average Bonchev–Trinajstić information content (AvgIpc) is 3.32. The number of hydrogen-bond acceptors (Lipinski definition) is 1. The van der Waals surface area contributed by atoms with Gasteiger partial charge in [-0.1, -0.05) is 50.2 Å². The Balaban J connectivity index is 1.72. The molecule has 0 bridgehead atoms. The maximum Gasteiger partial charge on any atom is 0.235 e. The zero-order chi connectivity index (χ0) is 17.6. The third-order valence-corrected chi connectivity index (χ3v) is 5.39. The molecule has 0 aliphatic heterocycles. The third kappa shape index (κ3) is 2.55. The van der Waals surface area contributed by atoms with Crippen LogP contribution in [0.4, 0.5) is 5.69 Å². The first-order valence-corrected chi connectivity index (χ1v) is 9.01.